The van der Waals surface area contributed by atoms with Crippen molar-refractivity contribution in [3.05, 3.63) is 24.5 Å². The number of thioether (sulfide) groups is 1. The van der Waals surface area contributed by atoms with Crippen molar-refractivity contribution in [2.45, 2.75) is 12.1 Å². The molecule has 0 bridgehead atoms. The molecule has 3 rings (SSSR count). The van der Waals surface area contributed by atoms with Crippen LogP contribution in [0.25, 0.3) is 21.8 Å². The Kier molecular flexibility index (Phi) is 2.87. The number of benzene rings is 1. The SMILES string of the molecule is CSc1ncc2ccc3c(OC(C)=O)c[nH]c3c2n1. The molecule has 3 aromatic rings. The summed E-state index contributed by atoms with van der Waals surface area (Å²) in [4.78, 5) is 22.9. The minimum atomic E-state index is -0.339. The van der Waals surface area contributed by atoms with Gasteiger partial charge >= 0.3 is 5.97 Å². The van der Waals surface area contributed by atoms with Crippen LogP contribution in [0.4, 0.5) is 0 Å². The van der Waals surface area contributed by atoms with Crippen molar-refractivity contribution in [3.8, 4) is 5.75 Å². The summed E-state index contributed by atoms with van der Waals surface area (Å²) in [7, 11) is 0. The molecule has 1 aromatic carbocycles. The number of hydrogen-bond acceptors (Lipinski definition) is 5. The van der Waals surface area contributed by atoms with Gasteiger partial charge in [-0.25, -0.2) is 9.97 Å². The van der Waals surface area contributed by atoms with Crippen LogP contribution in [-0.2, 0) is 4.79 Å². The van der Waals surface area contributed by atoms with E-state index < -0.39 is 0 Å². The molecule has 0 amide bonds. The fourth-order valence-corrected chi connectivity index (χ4v) is 2.33. The predicted octanol–water partition coefficient (Wildman–Crippen LogP) is 2.76. The fourth-order valence-electron chi connectivity index (χ4n) is 1.99. The summed E-state index contributed by atoms with van der Waals surface area (Å²) in [5, 5.41) is 2.50. The van der Waals surface area contributed by atoms with Gasteiger partial charge in [-0.1, -0.05) is 17.8 Å². The number of nitrogens with one attached hydrogen (secondary N) is 1. The number of esters is 1. The maximum Gasteiger partial charge on any atom is 0.308 e. The molecule has 5 nitrogen and oxygen atoms in total. The first kappa shape index (κ1) is 12.0. The normalized spacial score (nSPS) is 11.1. The lowest BCUT2D eigenvalue weighted by Gasteiger charge is -2.02. The molecule has 0 aliphatic rings. The average molecular weight is 273 g/mol. The van der Waals surface area contributed by atoms with E-state index in [1.165, 1.54) is 18.7 Å². The maximum atomic E-state index is 11.1. The highest BCUT2D eigenvalue weighted by Gasteiger charge is 2.11. The Balaban J connectivity index is 2.27. The molecule has 6 heteroatoms. The van der Waals surface area contributed by atoms with Crippen LogP contribution < -0.4 is 4.74 Å². The molecule has 19 heavy (non-hydrogen) atoms. The van der Waals surface area contributed by atoms with Crippen LogP contribution >= 0.6 is 11.8 Å². The number of ether oxygens (including phenoxy) is 1. The maximum absolute atomic E-state index is 11.1. The number of nitrogens with zero attached hydrogens (tertiary/aromatic N) is 2. The van der Waals surface area contributed by atoms with E-state index in [1.54, 1.807) is 12.4 Å². The van der Waals surface area contributed by atoms with Crippen LogP contribution in [0.15, 0.2) is 29.7 Å². The second kappa shape index (κ2) is 4.55. The van der Waals surface area contributed by atoms with Gasteiger partial charge in [-0.15, -0.1) is 0 Å². The average Bonchev–Trinajstić information content (AvgIpc) is 2.81. The minimum Gasteiger partial charge on any atom is -0.424 e. The zero-order valence-electron chi connectivity index (χ0n) is 10.4. The number of H-pyrrole nitrogens is 1. The summed E-state index contributed by atoms with van der Waals surface area (Å²) < 4.78 is 5.15. The summed E-state index contributed by atoms with van der Waals surface area (Å²) >= 11 is 1.49. The summed E-state index contributed by atoms with van der Waals surface area (Å²) in [6.07, 6.45) is 5.40. The molecule has 0 radical (unpaired) electrons. The quantitative estimate of drug-likeness (QED) is 0.442. The van der Waals surface area contributed by atoms with E-state index in [9.17, 15) is 4.79 Å². The zero-order valence-corrected chi connectivity index (χ0v) is 11.2. The minimum absolute atomic E-state index is 0.339. The molecular weight excluding hydrogens is 262 g/mol. The monoisotopic (exact) mass is 273 g/mol. The summed E-state index contributed by atoms with van der Waals surface area (Å²) in [6.45, 7) is 1.38. The van der Waals surface area contributed by atoms with Crippen molar-refractivity contribution in [2.75, 3.05) is 6.26 Å². The molecule has 0 saturated heterocycles. The Hall–Kier alpha value is -2.08. The molecule has 0 spiro atoms. The molecule has 0 unspecified atom stereocenters. The lowest BCUT2D eigenvalue weighted by Crippen LogP contribution is -2.00. The van der Waals surface area contributed by atoms with Crippen LogP contribution in [-0.4, -0.2) is 27.2 Å². The van der Waals surface area contributed by atoms with Crippen molar-refractivity contribution in [3.63, 3.8) is 0 Å². The van der Waals surface area contributed by atoms with Gasteiger partial charge in [-0.3, -0.25) is 4.79 Å². The van der Waals surface area contributed by atoms with Crippen molar-refractivity contribution >= 4 is 39.5 Å². The van der Waals surface area contributed by atoms with Crippen LogP contribution in [0, 0.1) is 0 Å². The van der Waals surface area contributed by atoms with Gasteiger partial charge in [-0.05, 0) is 12.3 Å². The number of aromatic nitrogens is 3. The van der Waals surface area contributed by atoms with Crippen molar-refractivity contribution in [1.82, 2.24) is 15.0 Å². The van der Waals surface area contributed by atoms with Gasteiger partial charge in [-0.2, -0.15) is 0 Å². The largest absolute Gasteiger partial charge is 0.424 e. The number of aromatic amines is 1. The lowest BCUT2D eigenvalue weighted by molar-refractivity contribution is -0.131. The van der Waals surface area contributed by atoms with Gasteiger partial charge < -0.3 is 9.72 Å². The Bertz CT molecular complexity index is 782. The van der Waals surface area contributed by atoms with Gasteiger partial charge in [0, 0.05) is 30.1 Å². The molecule has 0 fully saturated rings. The van der Waals surface area contributed by atoms with Crippen LogP contribution in [0.3, 0.4) is 0 Å². The highest BCUT2D eigenvalue weighted by molar-refractivity contribution is 7.98. The predicted molar refractivity (Wildman–Crippen MR) is 74.5 cm³/mol. The molecule has 0 atom stereocenters. The molecule has 0 saturated carbocycles. The molecular formula is C13H11N3O2S. The Morgan fingerprint density at radius 2 is 2.26 bits per heavy atom. The Labute approximate surface area is 113 Å². The van der Waals surface area contributed by atoms with Crippen LogP contribution in [0.1, 0.15) is 6.92 Å². The van der Waals surface area contributed by atoms with E-state index >= 15 is 0 Å². The van der Waals surface area contributed by atoms with Crippen molar-refractivity contribution in [1.29, 1.82) is 0 Å². The second-order valence-electron chi connectivity index (χ2n) is 4.03. The third-order valence-corrected chi connectivity index (χ3v) is 3.34. The topological polar surface area (TPSA) is 67.9 Å². The first-order valence-corrected chi connectivity index (χ1v) is 6.91. The van der Waals surface area contributed by atoms with Crippen molar-refractivity contribution in [2.24, 2.45) is 0 Å². The Morgan fingerprint density at radius 1 is 1.42 bits per heavy atom. The van der Waals surface area contributed by atoms with Crippen LogP contribution in [0.5, 0.6) is 5.75 Å². The molecule has 2 heterocycles. The highest BCUT2D eigenvalue weighted by Crippen LogP contribution is 2.30. The second-order valence-corrected chi connectivity index (χ2v) is 4.80. The number of hydrogen-bond donors (Lipinski definition) is 1. The van der Waals surface area contributed by atoms with Gasteiger partial charge in [0.15, 0.2) is 10.9 Å². The van der Waals surface area contributed by atoms with E-state index in [-0.39, 0.29) is 5.97 Å². The third kappa shape index (κ3) is 2.04. The number of carbonyl (C=O) groups is 1. The van der Waals surface area contributed by atoms with E-state index in [1.807, 2.05) is 18.4 Å². The first-order valence-electron chi connectivity index (χ1n) is 5.68. The van der Waals surface area contributed by atoms with E-state index in [0.717, 1.165) is 21.8 Å². The molecule has 0 aliphatic carbocycles. The van der Waals surface area contributed by atoms with E-state index in [0.29, 0.717) is 10.9 Å². The van der Waals surface area contributed by atoms with E-state index in [2.05, 4.69) is 15.0 Å². The molecule has 96 valence electrons. The smallest absolute Gasteiger partial charge is 0.308 e. The first-order chi connectivity index (χ1) is 9.19. The Morgan fingerprint density at radius 3 is 3.00 bits per heavy atom. The highest BCUT2D eigenvalue weighted by atomic mass is 32.2. The fraction of sp³-hybridized carbons (Fsp3) is 0.154. The number of fused-ring (bicyclic) bond motifs is 3. The van der Waals surface area contributed by atoms with Crippen LogP contribution in [0.2, 0.25) is 0 Å². The third-order valence-electron chi connectivity index (χ3n) is 2.78. The number of carbonyl (C=O) groups excluding carboxylic acids is 1. The molecule has 1 N–H and O–H groups in total. The van der Waals surface area contributed by atoms with E-state index in [4.69, 9.17) is 4.74 Å². The lowest BCUT2D eigenvalue weighted by atomic mass is 10.2. The summed E-state index contributed by atoms with van der Waals surface area (Å²) in [6, 6.07) is 3.82. The van der Waals surface area contributed by atoms with Gasteiger partial charge in [0.05, 0.1) is 11.0 Å². The summed E-state index contributed by atoms with van der Waals surface area (Å²) in [5.74, 6) is 0.183. The standard InChI is InChI=1S/C13H11N3O2S/c1-7(17)18-10-6-14-12-9(10)4-3-8-5-15-13(19-2)16-11(8)12/h3-6,14H,1-2H3. The van der Waals surface area contributed by atoms with Crippen molar-refractivity contribution < 1.29 is 9.53 Å². The van der Waals surface area contributed by atoms with Gasteiger partial charge in [0.2, 0.25) is 0 Å². The zero-order chi connectivity index (χ0) is 13.4. The summed E-state index contributed by atoms with van der Waals surface area (Å²) in [5.41, 5.74) is 1.68. The number of rotatable bonds is 2. The molecule has 0 aliphatic heterocycles. The van der Waals surface area contributed by atoms with Gasteiger partial charge in [0.1, 0.15) is 0 Å². The molecule has 2 aromatic heterocycles. The van der Waals surface area contributed by atoms with Gasteiger partial charge in [0.25, 0.3) is 0 Å².